The van der Waals surface area contributed by atoms with E-state index in [-0.39, 0.29) is 11.4 Å². The predicted molar refractivity (Wildman–Crippen MR) is 89.7 cm³/mol. The molecule has 0 saturated heterocycles. The molecule has 116 valence electrons. The Labute approximate surface area is 139 Å². The van der Waals surface area contributed by atoms with Crippen LogP contribution in [0.15, 0.2) is 51.4 Å². The number of rotatable bonds is 3. The Kier molecular flexibility index (Phi) is 3.87. The first kappa shape index (κ1) is 15.2. The van der Waals surface area contributed by atoms with Gasteiger partial charge in [0, 0.05) is 22.7 Å². The van der Waals surface area contributed by atoms with Gasteiger partial charge in [0.05, 0.1) is 9.40 Å². The molecular weight excluding hydrogens is 364 g/mol. The highest BCUT2D eigenvalue weighted by atomic mass is 79.9. The number of nitro benzene ring substituents is 1. The molecule has 2 aromatic carbocycles. The first-order chi connectivity index (χ1) is 11.0. The summed E-state index contributed by atoms with van der Waals surface area (Å²) >= 11 is 3.36. The second-order valence-electron chi connectivity index (χ2n) is 4.98. The highest BCUT2D eigenvalue weighted by Crippen LogP contribution is 2.28. The van der Waals surface area contributed by atoms with Crippen molar-refractivity contribution in [1.29, 1.82) is 0 Å². The maximum atomic E-state index is 12.3. The van der Waals surface area contributed by atoms with Gasteiger partial charge in [-0.15, -0.1) is 0 Å². The van der Waals surface area contributed by atoms with E-state index < -0.39 is 10.8 Å². The van der Waals surface area contributed by atoms with Crippen molar-refractivity contribution in [3.05, 3.63) is 68.4 Å². The van der Waals surface area contributed by atoms with Gasteiger partial charge in [-0.1, -0.05) is 18.2 Å². The standard InChI is InChI=1S/C16H11BrN2O4/c1-9-5-6-11(8-13(9)19(21)22)18-16(20)14-7-10-3-2-4-12(17)15(10)23-14/h2-8H,1H3,(H,18,20). The van der Waals surface area contributed by atoms with E-state index >= 15 is 0 Å². The molecule has 3 aromatic rings. The Morgan fingerprint density at radius 1 is 1.26 bits per heavy atom. The van der Waals surface area contributed by atoms with Crippen LogP contribution in [0.1, 0.15) is 16.1 Å². The first-order valence-electron chi connectivity index (χ1n) is 6.70. The highest BCUT2D eigenvalue weighted by molar-refractivity contribution is 9.10. The minimum atomic E-state index is -0.483. The van der Waals surface area contributed by atoms with Crippen molar-refractivity contribution in [2.24, 2.45) is 0 Å². The lowest BCUT2D eigenvalue weighted by Gasteiger charge is -2.04. The third-order valence-corrected chi connectivity index (χ3v) is 4.01. The Balaban J connectivity index is 1.90. The van der Waals surface area contributed by atoms with Crippen molar-refractivity contribution in [1.82, 2.24) is 0 Å². The van der Waals surface area contributed by atoms with E-state index in [0.717, 1.165) is 9.86 Å². The lowest BCUT2D eigenvalue weighted by atomic mass is 10.2. The number of nitrogens with zero attached hydrogens (tertiary/aromatic N) is 1. The molecule has 0 aliphatic rings. The summed E-state index contributed by atoms with van der Waals surface area (Å²) in [5.74, 6) is -0.332. The van der Waals surface area contributed by atoms with Crippen LogP contribution in [0.3, 0.4) is 0 Å². The normalized spacial score (nSPS) is 10.7. The highest BCUT2D eigenvalue weighted by Gasteiger charge is 2.16. The third kappa shape index (κ3) is 2.95. The van der Waals surface area contributed by atoms with E-state index in [2.05, 4.69) is 21.2 Å². The number of carbonyl (C=O) groups is 1. The zero-order valence-corrected chi connectivity index (χ0v) is 13.6. The van der Waals surface area contributed by atoms with Gasteiger partial charge in [-0.3, -0.25) is 14.9 Å². The molecule has 23 heavy (non-hydrogen) atoms. The zero-order chi connectivity index (χ0) is 16.6. The van der Waals surface area contributed by atoms with Crippen molar-refractivity contribution in [2.75, 3.05) is 5.32 Å². The number of halogens is 1. The third-order valence-electron chi connectivity index (χ3n) is 3.38. The number of para-hydroxylation sites is 1. The predicted octanol–water partition coefficient (Wildman–Crippen LogP) is 4.66. The fourth-order valence-corrected chi connectivity index (χ4v) is 2.68. The lowest BCUT2D eigenvalue weighted by molar-refractivity contribution is -0.385. The molecule has 0 unspecified atom stereocenters. The van der Waals surface area contributed by atoms with Crippen molar-refractivity contribution < 1.29 is 14.1 Å². The van der Waals surface area contributed by atoms with Crippen LogP contribution in [0.4, 0.5) is 11.4 Å². The van der Waals surface area contributed by atoms with Crippen LogP contribution in [-0.2, 0) is 0 Å². The van der Waals surface area contributed by atoms with Crippen LogP contribution in [0.2, 0.25) is 0 Å². The summed E-state index contributed by atoms with van der Waals surface area (Å²) in [7, 11) is 0. The van der Waals surface area contributed by atoms with Gasteiger partial charge >= 0.3 is 0 Å². The number of aryl methyl sites for hydroxylation is 1. The minimum Gasteiger partial charge on any atom is -0.450 e. The molecule has 0 spiro atoms. The van der Waals surface area contributed by atoms with E-state index in [4.69, 9.17) is 4.42 Å². The molecule has 3 rings (SSSR count). The van der Waals surface area contributed by atoms with E-state index in [1.165, 1.54) is 6.07 Å². The van der Waals surface area contributed by atoms with Gasteiger partial charge in [0.25, 0.3) is 11.6 Å². The van der Waals surface area contributed by atoms with Gasteiger partial charge in [0.2, 0.25) is 0 Å². The van der Waals surface area contributed by atoms with Crippen LogP contribution in [0.5, 0.6) is 0 Å². The van der Waals surface area contributed by atoms with Crippen LogP contribution in [-0.4, -0.2) is 10.8 Å². The molecule has 1 heterocycles. The van der Waals surface area contributed by atoms with Gasteiger partial charge in [-0.25, -0.2) is 0 Å². The molecule has 0 saturated carbocycles. The van der Waals surface area contributed by atoms with Crippen molar-refractivity contribution >= 4 is 44.2 Å². The number of fused-ring (bicyclic) bond motifs is 1. The number of furan rings is 1. The summed E-state index contributed by atoms with van der Waals surface area (Å²) in [5.41, 5.74) is 1.40. The minimum absolute atomic E-state index is 0.0462. The van der Waals surface area contributed by atoms with E-state index in [0.29, 0.717) is 16.8 Å². The fraction of sp³-hybridized carbons (Fsp3) is 0.0625. The number of nitrogens with one attached hydrogen (secondary N) is 1. The number of anilines is 1. The summed E-state index contributed by atoms with van der Waals surface area (Å²) in [6, 6.07) is 11.6. The van der Waals surface area contributed by atoms with Crippen molar-refractivity contribution in [3.8, 4) is 0 Å². The van der Waals surface area contributed by atoms with Gasteiger partial charge in [0.15, 0.2) is 5.76 Å². The fourth-order valence-electron chi connectivity index (χ4n) is 2.22. The average molecular weight is 375 g/mol. The first-order valence-corrected chi connectivity index (χ1v) is 7.49. The zero-order valence-electron chi connectivity index (χ0n) is 12.0. The Morgan fingerprint density at radius 2 is 2.04 bits per heavy atom. The SMILES string of the molecule is Cc1ccc(NC(=O)c2cc3cccc(Br)c3o2)cc1[N+](=O)[O-]. The maximum absolute atomic E-state index is 12.3. The largest absolute Gasteiger partial charge is 0.450 e. The molecule has 7 heteroatoms. The Hall–Kier alpha value is -2.67. The van der Waals surface area contributed by atoms with Crippen LogP contribution < -0.4 is 5.32 Å². The molecule has 0 aliphatic carbocycles. The Bertz CT molecular complexity index is 933. The summed E-state index contributed by atoms with van der Waals surface area (Å²) in [6.07, 6.45) is 0. The Morgan fingerprint density at radius 3 is 2.74 bits per heavy atom. The topological polar surface area (TPSA) is 85.4 Å². The van der Waals surface area contributed by atoms with Crippen molar-refractivity contribution in [2.45, 2.75) is 6.92 Å². The average Bonchev–Trinajstić information content (AvgIpc) is 2.94. The summed E-state index contributed by atoms with van der Waals surface area (Å²) in [5, 5.41) is 14.4. The number of nitro groups is 1. The summed E-state index contributed by atoms with van der Waals surface area (Å²) in [4.78, 5) is 22.7. The monoisotopic (exact) mass is 374 g/mol. The van der Waals surface area contributed by atoms with Gasteiger partial charge < -0.3 is 9.73 Å². The van der Waals surface area contributed by atoms with E-state index in [1.807, 2.05) is 18.2 Å². The van der Waals surface area contributed by atoms with Gasteiger partial charge in [-0.05, 0) is 41.1 Å². The molecule has 1 N–H and O–H groups in total. The molecule has 0 fully saturated rings. The quantitative estimate of drug-likeness (QED) is 0.533. The molecule has 0 radical (unpaired) electrons. The molecular formula is C16H11BrN2O4. The number of hydrogen-bond acceptors (Lipinski definition) is 4. The van der Waals surface area contributed by atoms with Crippen LogP contribution in [0, 0.1) is 17.0 Å². The molecule has 6 nitrogen and oxygen atoms in total. The maximum Gasteiger partial charge on any atom is 0.291 e. The molecule has 0 bridgehead atoms. The molecule has 1 aromatic heterocycles. The van der Waals surface area contributed by atoms with E-state index in [1.54, 1.807) is 25.1 Å². The van der Waals surface area contributed by atoms with E-state index in [9.17, 15) is 14.9 Å². The molecule has 0 atom stereocenters. The number of benzene rings is 2. The molecule has 0 aliphatic heterocycles. The number of carbonyl (C=O) groups excluding carboxylic acids is 1. The van der Waals surface area contributed by atoms with Gasteiger partial charge in [-0.2, -0.15) is 0 Å². The second kappa shape index (κ2) is 5.85. The smallest absolute Gasteiger partial charge is 0.291 e. The summed E-state index contributed by atoms with van der Waals surface area (Å²) < 4.78 is 6.29. The second-order valence-corrected chi connectivity index (χ2v) is 5.84. The van der Waals surface area contributed by atoms with Crippen molar-refractivity contribution in [3.63, 3.8) is 0 Å². The van der Waals surface area contributed by atoms with Gasteiger partial charge in [0.1, 0.15) is 5.58 Å². The van der Waals surface area contributed by atoms with Crippen LogP contribution in [0.25, 0.3) is 11.0 Å². The lowest BCUT2D eigenvalue weighted by Crippen LogP contribution is -2.11. The molecule has 1 amide bonds. The number of amides is 1. The number of hydrogen-bond donors (Lipinski definition) is 1. The summed E-state index contributed by atoms with van der Waals surface area (Å²) in [6.45, 7) is 1.64. The van der Waals surface area contributed by atoms with Crippen LogP contribution >= 0.6 is 15.9 Å².